The fourth-order valence-corrected chi connectivity index (χ4v) is 0.773. The summed E-state index contributed by atoms with van der Waals surface area (Å²) < 4.78 is 0. The van der Waals surface area contributed by atoms with Crippen molar-refractivity contribution in [3.63, 3.8) is 0 Å². The second-order valence-corrected chi connectivity index (χ2v) is 2.30. The molecule has 0 aromatic heterocycles. The number of non-ortho nitro benzene ring substituents is 1. The smallest absolute Gasteiger partial charge is 0.269 e. The first-order valence-electron chi connectivity index (χ1n) is 5.12. The predicted molar refractivity (Wildman–Crippen MR) is 64.9 cm³/mol. The van der Waals surface area contributed by atoms with Crippen LogP contribution in [0, 0.1) is 17.0 Å². The van der Waals surface area contributed by atoms with E-state index in [1.54, 1.807) is 6.92 Å². The van der Waals surface area contributed by atoms with Crippen molar-refractivity contribution in [1.29, 1.82) is 0 Å². The maximum Gasteiger partial charge on any atom is 0.269 e. The largest absolute Gasteiger partial charge is 0.399 e. The van der Waals surface area contributed by atoms with Crippen LogP contribution in [0.1, 0.15) is 33.3 Å². The Labute approximate surface area is 91.3 Å². The molecule has 0 aliphatic carbocycles. The van der Waals surface area contributed by atoms with Crippen LogP contribution >= 0.6 is 0 Å². The monoisotopic (exact) mass is 212 g/mol. The highest BCUT2D eigenvalue weighted by molar-refractivity contribution is 5.51. The van der Waals surface area contributed by atoms with Gasteiger partial charge in [0.05, 0.1) is 4.92 Å². The van der Waals surface area contributed by atoms with Crippen molar-refractivity contribution >= 4 is 11.4 Å². The number of nitro benzene ring substituents is 1. The van der Waals surface area contributed by atoms with Crippen molar-refractivity contribution in [2.75, 3.05) is 5.73 Å². The van der Waals surface area contributed by atoms with Crippen molar-refractivity contribution in [2.45, 2.75) is 34.6 Å². The molecule has 0 spiro atoms. The highest BCUT2D eigenvalue weighted by atomic mass is 16.6. The van der Waals surface area contributed by atoms with Crippen molar-refractivity contribution in [2.24, 2.45) is 0 Å². The lowest BCUT2D eigenvalue weighted by molar-refractivity contribution is -0.384. The summed E-state index contributed by atoms with van der Waals surface area (Å²) in [5.41, 5.74) is 6.86. The van der Waals surface area contributed by atoms with E-state index in [0.717, 1.165) is 5.56 Å². The van der Waals surface area contributed by atoms with Gasteiger partial charge in [-0.25, -0.2) is 0 Å². The molecule has 0 radical (unpaired) electrons. The fourth-order valence-electron chi connectivity index (χ4n) is 0.773. The van der Waals surface area contributed by atoms with Crippen LogP contribution in [-0.4, -0.2) is 4.92 Å². The van der Waals surface area contributed by atoms with Crippen molar-refractivity contribution in [1.82, 2.24) is 0 Å². The molecule has 4 nitrogen and oxygen atoms in total. The maximum absolute atomic E-state index is 10.2. The van der Waals surface area contributed by atoms with Gasteiger partial charge in [-0.3, -0.25) is 10.1 Å². The van der Waals surface area contributed by atoms with Crippen molar-refractivity contribution < 1.29 is 4.92 Å². The Morgan fingerprint density at radius 1 is 1.20 bits per heavy atom. The van der Waals surface area contributed by atoms with E-state index < -0.39 is 4.92 Å². The number of hydrogen-bond donors (Lipinski definition) is 1. The van der Waals surface area contributed by atoms with Crippen LogP contribution in [0.2, 0.25) is 0 Å². The fraction of sp³-hybridized carbons (Fsp3) is 0.455. The lowest BCUT2D eigenvalue weighted by Crippen LogP contribution is -1.92. The minimum absolute atomic E-state index is 0.0803. The summed E-state index contributed by atoms with van der Waals surface area (Å²) in [5.74, 6) is 0. The van der Waals surface area contributed by atoms with Gasteiger partial charge in [-0.2, -0.15) is 0 Å². The second-order valence-electron chi connectivity index (χ2n) is 2.30. The van der Waals surface area contributed by atoms with Gasteiger partial charge in [0.2, 0.25) is 0 Å². The zero-order chi connectivity index (χ0) is 12.4. The molecule has 0 amide bonds. The standard InChI is InChI=1S/C7H8N2O2.2C2H6/c1-5-4-6(9(10)11)2-3-7(5)8;2*1-2/h2-4H,8H2,1H3;2*1-2H3. The van der Waals surface area contributed by atoms with Gasteiger partial charge < -0.3 is 5.73 Å². The van der Waals surface area contributed by atoms with E-state index in [4.69, 9.17) is 5.73 Å². The Kier molecular flexibility index (Phi) is 9.52. The summed E-state index contributed by atoms with van der Waals surface area (Å²) in [7, 11) is 0. The van der Waals surface area contributed by atoms with Gasteiger partial charge in [-0.1, -0.05) is 27.7 Å². The number of nitrogens with zero attached hydrogens (tertiary/aromatic N) is 1. The Morgan fingerprint density at radius 2 is 1.67 bits per heavy atom. The van der Waals surface area contributed by atoms with E-state index in [-0.39, 0.29) is 5.69 Å². The molecule has 0 unspecified atom stereocenters. The average molecular weight is 212 g/mol. The van der Waals surface area contributed by atoms with Crippen molar-refractivity contribution in [3.8, 4) is 0 Å². The SMILES string of the molecule is CC.CC.Cc1cc([N+](=O)[O-])ccc1N. The molecule has 0 bridgehead atoms. The molecule has 1 aromatic carbocycles. The lowest BCUT2D eigenvalue weighted by Gasteiger charge is -1.97. The van der Waals surface area contributed by atoms with Gasteiger partial charge in [0.1, 0.15) is 0 Å². The van der Waals surface area contributed by atoms with Crippen LogP contribution in [0.25, 0.3) is 0 Å². The van der Waals surface area contributed by atoms with Gasteiger partial charge in [0, 0.05) is 17.8 Å². The van der Waals surface area contributed by atoms with Gasteiger partial charge in [-0.15, -0.1) is 0 Å². The summed E-state index contributed by atoms with van der Waals surface area (Å²) in [4.78, 5) is 9.79. The van der Waals surface area contributed by atoms with Gasteiger partial charge in [-0.05, 0) is 18.6 Å². The predicted octanol–water partition coefficient (Wildman–Crippen LogP) is 3.54. The van der Waals surface area contributed by atoms with Crippen LogP contribution < -0.4 is 5.73 Å². The molecular weight excluding hydrogens is 192 g/mol. The first-order chi connectivity index (χ1) is 7.11. The molecule has 2 N–H and O–H groups in total. The van der Waals surface area contributed by atoms with Crippen LogP contribution in [0.15, 0.2) is 18.2 Å². The summed E-state index contributed by atoms with van der Waals surface area (Å²) in [6.45, 7) is 9.74. The van der Waals surface area contributed by atoms with Crippen LogP contribution in [0.5, 0.6) is 0 Å². The number of nitro groups is 1. The minimum Gasteiger partial charge on any atom is -0.399 e. The number of nitrogen functional groups attached to an aromatic ring is 1. The molecule has 15 heavy (non-hydrogen) atoms. The number of aryl methyl sites for hydroxylation is 1. The Bertz CT molecular complexity index is 299. The van der Waals surface area contributed by atoms with Gasteiger partial charge in [0.15, 0.2) is 0 Å². The van der Waals surface area contributed by atoms with E-state index in [2.05, 4.69) is 0 Å². The Hall–Kier alpha value is -1.58. The van der Waals surface area contributed by atoms with E-state index in [1.807, 2.05) is 27.7 Å². The molecule has 1 rings (SSSR count). The highest BCUT2D eigenvalue weighted by Crippen LogP contribution is 2.17. The molecule has 0 aliphatic heterocycles. The molecule has 0 heterocycles. The summed E-state index contributed by atoms with van der Waals surface area (Å²) in [6.07, 6.45) is 0. The number of benzene rings is 1. The summed E-state index contributed by atoms with van der Waals surface area (Å²) in [5, 5.41) is 10.2. The Balaban J connectivity index is 0. The van der Waals surface area contributed by atoms with Gasteiger partial charge in [0.25, 0.3) is 5.69 Å². The molecule has 0 fully saturated rings. The molecule has 1 aromatic rings. The number of anilines is 1. The van der Waals surface area contributed by atoms with E-state index in [1.165, 1.54) is 18.2 Å². The van der Waals surface area contributed by atoms with Crippen LogP contribution in [0.4, 0.5) is 11.4 Å². The number of hydrogen-bond acceptors (Lipinski definition) is 3. The van der Waals surface area contributed by atoms with Crippen LogP contribution in [-0.2, 0) is 0 Å². The summed E-state index contributed by atoms with van der Waals surface area (Å²) >= 11 is 0. The van der Waals surface area contributed by atoms with E-state index in [0.29, 0.717) is 5.69 Å². The first-order valence-corrected chi connectivity index (χ1v) is 5.12. The normalized spacial score (nSPS) is 7.80. The highest BCUT2D eigenvalue weighted by Gasteiger charge is 2.04. The third-order valence-electron chi connectivity index (χ3n) is 1.46. The zero-order valence-electron chi connectivity index (χ0n) is 10.1. The average Bonchev–Trinajstić information content (AvgIpc) is 2.27. The topological polar surface area (TPSA) is 69.2 Å². The van der Waals surface area contributed by atoms with E-state index >= 15 is 0 Å². The van der Waals surface area contributed by atoms with Crippen molar-refractivity contribution in [3.05, 3.63) is 33.9 Å². The molecule has 0 saturated carbocycles. The number of rotatable bonds is 1. The third kappa shape index (κ3) is 5.67. The van der Waals surface area contributed by atoms with E-state index in [9.17, 15) is 10.1 Å². The molecular formula is C11H20N2O2. The van der Waals surface area contributed by atoms with Crippen LogP contribution in [0.3, 0.4) is 0 Å². The molecule has 0 aliphatic rings. The molecule has 86 valence electrons. The molecule has 4 heteroatoms. The summed E-state index contributed by atoms with van der Waals surface area (Å²) in [6, 6.07) is 4.38. The Morgan fingerprint density at radius 3 is 2.00 bits per heavy atom. The number of nitrogens with two attached hydrogens (primary N) is 1. The first kappa shape index (κ1) is 15.9. The third-order valence-corrected chi connectivity index (χ3v) is 1.46. The molecule has 0 atom stereocenters. The quantitative estimate of drug-likeness (QED) is 0.439. The molecule has 0 saturated heterocycles. The maximum atomic E-state index is 10.2. The zero-order valence-corrected chi connectivity index (χ0v) is 10.1. The second kappa shape index (κ2) is 8.99. The van der Waals surface area contributed by atoms with Gasteiger partial charge >= 0.3 is 0 Å². The minimum atomic E-state index is -0.438. The lowest BCUT2D eigenvalue weighted by atomic mass is 10.2.